The molecule has 0 fully saturated rings. The molecule has 2 heterocycles. The Morgan fingerprint density at radius 2 is 1.80 bits per heavy atom. The summed E-state index contributed by atoms with van der Waals surface area (Å²) in [4.78, 5) is 21.9. The number of nitrogens with one attached hydrogen (secondary N) is 1. The summed E-state index contributed by atoms with van der Waals surface area (Å²) in [5.41, 5.74) is 6.16. The van der Waals surface area contributed by atoms with Gasteiger partial charge in [-0.3, -0.25) is 4.57 Å². The molecule has 46 heavy (non-hydrogen) atoms. The van der Waals surface area contributed by atoms with Gasteiger partial charge in [-0.25, -0.2) is 14.5 Å². The number of carbonyl (C=O) groups is 1. The second kappa shape index (κ2) is 13.3. The Hall–Kier alpha value is -5.48. The zero-order valence-electron chi connectivity index (χ0n) is 25.2. The fourth-order valence-corrected chi connectivity index (χ4v) is 5.79. The number of urea groups is 1. The smallest absolute Gasteiger partial charge is 0.406 e. The highest BCUT2D eigenvalue weighted by Gasteiger charge is 2.31. The van der Waals surface area contributed by atoms with Crippen molar-refractivity contribution in [3.05, 3.63) is 112 Å². The molecule has 2 amide bonds. The molecule has 0 spiro atoms. The second-order valence-electron chi connectivity index (χ2n) is 10.5. The number of allylic oxidation sites excluding steroid dienone is 1. The number of aromatic nitrogens is 4. The van der Waals surface area contributed by atoms with Gasteiger partial charge in [0, 0.05) is 22.8 Å². The molecule has 5 rings (SSSR count). The van der Waals surface area contributed by atoms with E-state index in [4.69, 9.17) is 0 Å². The van der Waals surface area contributed by atoms with Gasteiger partial charge in [0.1, 0.15) is 18.1 Å². The summed E-state index contributed by atoms with van der Waals surface area (Å²) < 4.78 is 44.6. The standard InChI is InChI=1S/C33H28F3N7O2S/c1-20(2)29-21(3)6-5-7-28(29)43-22(4)18-46-32(43)40-31(44)38-17-25(16-37)23-8-10-24(11-9-23)30-39-19-42(41-30)26-12-14-27(15-13-26)45-33(34,35)36/h5-15,17-20H,1-4H3,(H,38,44)/b25-17+,40-32?. The maximum Gasteiger partial charge on any atom is 0.573 e. The Labute approximate surface area is 266 Å². The lowest BCUT2D eigenvalue weighted by atomic mass is 9.96. The minimum Gasteiger partial charge on any atom is -0.406 e. The molecule has 0 radical (unpaired) electrons. The van der Waals surface area contributed by atoms with Crippen LogP contribution in [0.4, 0.5) is 18.0 Å². The first-order valence-corrected chi connectivity index (χ1v) is 14.9. The number of rotatable bonds is 7. The highest BCUT2D eigenvalue weighted by Crippen LogP contribution is 2.27. The Morgan fingerprint density at radius 1 is 1.09 bits per heavy atom. The maximum atomic E-state index is 12.9. The average Bonchev–Trinajstić information content (AvgIpc) is 3.64. The van der Waals surface area contributed by atoms with Crippen molar-refractivity contribution in [2.24, 2.45) is 4.99 Å². The first kappa shape index (κ1) is 31.9. The number of hydrogen-bond donors (Lipinski definition) is 1. The van der Waals surface area contributed by atoms with Gasteiger partial charge >= 0.3 is 12.4 Å². The molecule has 0 atom stereocenters. The predicted molar refractivity (Wildman–Crippen MR) is 168 cm³/mol. The van der Waals surface area contributed by atoms with Crippen LogP contribution in [0.1, 0.15) is 42.1 Å². The van der Waals surface area contributed by atoms with E-state index in [9.17, 15) is 23.2 Å². The van der Waals surface area contributed by atoms with Crippen molar-refractivity contribution in [3.8, 4) is 34.6 Å². The number of amides is 2. The summed E-state index contributed by atoms with van der Waals surface area (Å²) in [6.45, 7) is 8.29. The molecule has 3 aromatic carbocycles. The quantitative estimate of drug-likeness (QED) is 0.184. The van der Waals surface area contributed by atoms with Crippen LogP contribution in [-0.2, 0) is 0 Å². The summed E-state index contributed by atoms with van der Waals surface area (Å²) in [6.07, 6.45) is -2.02. The van der Waals surface area contributed by atoms with Gasteiger partial charge in [0.25, 0.3) is 0 Å². The lowest BCUT2D eigenvalue weighted by Gasteiger charge is -2.17. The molecule has 5 aromatic rings. The van der Waals surface area contributed by atoms with Crippen LogP contribution < -0.4 is 14.9 Å². The zero-order chi connectivity index (χ0) is 33.0. The van der Waals surface area contributed by atoms with E-state index in [-0.39, 0.29) is 17.2 Å². The fraction of sp³-hybridized carbons (Fsp3) is 0.182. The third kappa shape index (κ3) is 7.24. The number of ether oxygens (including phenoxy) is 1. The molecule has 0 bridgehead atoms. The van der Waals surface area contributed by atoms with Crippen LogP contribution in [-0.4, -0.2) is 31.7 Å². The molecule has 0 saturated heterocycles. The summed E-state index contributed by atoms with van der Waals surface area (Å²) in [7, 11) is 0. The third-order valence-electron chi connectivity index (χ3n) is 6.94. The van der Waals surface area contributed by atoms with Crippen molar-refractivity contribution in [2.75, 3.05) is 0 Å². The van der Waals surface area contributed by atoms with Crippen molar-refractivity contribution in [3.63, 3.8) is 0 Å². The van der Waals surface area contributed by atoms with Crippen molar-refractivity contribution in [1.82, 2.24) is 24.6 Å². The van der Waals surface area contributed by atoms with Crippen LogP contribution in [0.3, 0.4) is 0 Å². The highest BCUT2D eigenvalue weighted by atomic mass is 32.1. The molecule has 13 heteroatoms. The van der Waals surface area contributed by atoms with Crippen LogP contribution in [0.2, 0.25) is 0 Å². The first-order chi connectivity index (χ1) is 21.9. The summed E-state index contributed by atoms with van der Waals surface area (Å²) in [6, 6.07) is 19.6. The fourth-order valence-electron chi connectivity index (χ4n) is 4.93. The first-order valence-electron chi connectivity index (χ1n) is 14.0. The monoisotopic (exact) mass is 643 g/mol. The van der Waals surface area contributed by atoms with E-state index in [0.717, 1.165) is 16.9 Å². The molecular weight excluding hydrogens is 615 g/mol. The SMILES string of the molecule is Cc1cccc(-n2c(C)csc2=NC(=O)N/C=C(\C#N)c2ccc(-c3ncn(-c4ccc(OC(F)(F)F)cc4)n3)cc2)c1C(C)C. The van der Waals surface area contributed by atoms with Gasteiger partial charge in [-0.1, -0.05) is 50.2 Å². The summed E-state index contributed by atoms with van der Waals surface area (Å²) in [5.74, 6) is 0.294. The number of aryl methyl sites for hydroxylation is 2. The van der Waals surface area contributed by atoms with E-state index >= 15 is 0 Å². The van der Waals surface area contributed by atoms with Crippen molar-refractivity contribution >= 4 is 22.9 Å². The highest BCUT2D eigenvalue weighted by molar-refractivity contribution is 7.07. The largest absolute Gasteiger partial charge is 0.573 e. The molecule has 0 aliphatic heterocycles. The van der Waals surface area contributed by atoms with Gasteiger partial charge in [-0.2, -0.15) is 10.3 Å². The molecule has 234 valence electrons. The zero-order valence-corrected chi connectivity index (χ0v) is 26.0. The Morgan fingerprint density at radius 3 is 2.46 bits per heavy atom. The van der Waals surface area contributed by atoms with Crippen LogP contribution >= 0.6 is 11.3 Å². The minimum absolute atomic E-state index is 0.214. The molecule has 2 aromatic heterocycles. The lowest BCUT2D eigenvalue weighted by Crippen LogP contribution is -2.22. The van der Waals surface area contributed by atoms with Crippen LogP contribution in [0, 0.1) is 25.2 Å². The second-order valence-corrected chi connectivity index (χ2v) is 11.4. The molecule has 9 nitrogen and oxygen atoms in total. The van der Waals surface area contributed by atoms with E-state index in [1.807, 2.05) is 29.0 Å². The number of nitrogens with zero attached hydrogens (tertiary/aromatic N) is 6. The van der Waals surface area contributed by atoms with E-state index in [2.05, 4.69) is 58.0 Å². The third-order valence-corrected chi connectivity index (χ3v) is 7.88. The van der Waals surface area contributed by atoms with Gasteiger partial charge in [-0.05, 0) is 66.8 Å². The molecule has 0 aliphatic carbocycles. The van der Waals surface area contributed by atoms with Crippen molar-refractivity contribution in [1.29, 1.82) is 5.26 Å². The van der Waals surface area contributed by atoms with Crippen LogP contribution in [0.15, 0.2) is 89.6 Å². The van der Waals surface area contributed by atoms with Gasteiger partial charge in [0.15, 0.2) is 10.6 Å². The van der Waals surface area contributed by atoms with Gasteiger partial charge in [0.2, 0.25) is 0 Å². The minimum atomic E-state index is -4.78. The van der Waals surface area contributed by atoms with Crippen molar-refractivity contribution in [2.45, 2.75) is 40.0 Å². The molecule has 1 N–H and O–H groups in total. The average molecular weight is 644 g/mol. The Balaban J connectivity index is 1.31. The number of halogens is 3. The van der Waals surface area contributed by atoms with E-state index in [1.165, 1.54) is 58.4 Å². The van der Waals surface area contributed by atoms with Crippen LogP contribution in [0.25, 0.3) is 28.3 Å². The molecule has 0 saturated carbocycles. The topological polar surface area (TPSA) is 110 Å². The van der Waals surface area contributed by atoms with E-state index < -0.39 is 12.4 Å². The predicted octanol–water partition coefficient (Wildman–Crippen LogP) is 7.60. The number of nitriles is 1. The van der Waals surface area contributed by atoms with Gasteiger partial charge in [-0.15, -0.1) is 29.6 Å². The van der Waals surface area contributed by atoms with Gasteiger partial charge < -0.3 is 10.1 Å². The molecule has 0 unspecified atom stereocenters. The Bertz CT molecular complexity index is 2010. The maximum absolute atomic E-state index is 12.9. The van der Waals surface area contributed by atoms with Crippen molar-refractivity contribution < 1.29 is 22.7 Å². The normalized spacial score (nSPS) is 12.3. The number of alkyl halides is 3. The number of carbonyl (C=O) groups excluding carboxylic acids is 1. The van der Waals surface area contributed by atoms with Crippen LogP contribution in [0.5, 0.6) is 5.75 Å². The number of benzene rings is 3. The van der Waals surface area contributed by atoms with Gasteiger partial charge in [0.05, 0.1) is 16.9 Å². The molecule has 0 aliphatic rings. The summed E-state index contributed by atoms with van der Waals surface area (Å²) in [5, 5.41) is 18.7. The number of thiazole rings is 1. The van der Waals surface area contributed by atoms with E-state index in [0.29, 0.717) is 27.4 Å². The number of hydrogen-bond acceptors (Lipinski definition) is 6. The lowest BCUT2D eigenvalue weighted by molar-refractivity contribution is -0.274. The Kier molecular flexibility index (Phi) is 9.20. The summed E-state index contributed by atoms with van der Waals surface area (Å²) >= 11 is 1.35. The molecular formula is C33H28F3N7O2S. The van der Waals surface area contributed by atoms with E-state index in [1.54, 1.807) is 24.3 Å².